The van der Waals surface area contributed by atoms with Gasteiger partial charge in [-0.3, -0.25) is 0 Å². The Morgan fingerprint density at radius 2 is 1.11 bits per heavy atom. The molecule has 0 bridgehead atoms. The van der Waals surface area contributed by atoms with E-state index < -0.39 is 12.3 Å². The fraction of sp³-hybridized carbons (Fsp3) is 0. The van der Waals surface area contributed by atoms with Crippen molar-refractivity contribution in [2.45, 2.75) is 0 Å². The molecule has 0 amide bonds. The molecule has 2 N–H and O–H groups in total. The summed E-state index contributed by atoms with van der Waals surface area (Å²) in [6.07, 6.45) is -4.17. The van der Waals surface area contributed by atoms with Crippen molar-refractivity contribution in [3.05, 3.63) is 0 Å². The van der Waals surface area contributed by atoms with E-state index in [1.807, 2.05) is 0 Å². The summed E-state index contributed by atoms with van der Waals surface area (Å²) >= 11 is 0. The van der Waals surface area contributed by atoms with Crippen molar-refractivity contribution in [3.8, 4) is 0 Å². The molecule has 0 aliphatic heterocycles. The van der Waals surface area contributed by atoms with Gasteiger partial charge in [-0.1, -0.05) is 0 Å². The van der Waals surface area contributed by atoms with Gasteiger partial charge in [0.05, 0.1) is 0 Å². The average molecular weight is 234 g/mol. The normalized spacial score (nSPS) is 5.33. The van der Waals surface area contributed by atoms with Gasteiger partial charge in [0.25, 0.3) is 0 Å². The van der Waals surface area contributed by atoms with Crippen LogP contribution in [-0.2, 0) is 27.3 Å². The van der Waals surface area contributed by atoms with Crippen molar-refractivity contribution in [2.75, 3.05) is 0 Å². The van der Waals surface area contributed by atoms with E-state index in [-0.39, 0.29) is 27.3 Å². The molecule has 0 saturated heterocycles. The van der Waals surface area contributed by atoms with Crippen LogP contribution in [0.25, 0.3) is 0 Å². The van der Waals surface area contributed by atoms with Crippen LogP contribution < -0.4 is 10.2 Å². The summed E-state index contributed by atoms with van der Waals surface area (Å²) in [6, 6.07) is 0. The molecular formula is C2H2CdO6. The van der Waals surface area contributed by atoms with Crippen LogP contribution in [0.5, 0.6) is 0 Å². The maximum absolute atomic E-state index is 8.56. The van der Waals surface area contributed by atoms with Crippen LogP contribution >= 0.6 is 0 Å². The molecule has 7 heteroatoms. The number of carbonyl (C=O) groups excluding carboxylic acids is 1. The molecular weight excluding hydrogens is 232 g/mol. The van der Waals surface area contributed by atoms with Crippen LogP contribution in [0.15, 0.2) is 0 Å². The second-order valence-electron chi connectivity index (χ2n) is 0.533. The quantitative estimate of drug-likeness (QED) is 0.458. The molecule has 6 nitrogen and oxygen atoms in total. The van der Waals surface area contributed by atoms with Gasteiger partial charge in [0, 0.05) is 0 Å². The van der Waals surface area contributed by atoms with Gasteiger partial charge in [-0.05, 0) is 6.16 Å². The van der Waals surface area contributed by atoms with Crippen LogP contribution in [0.4, 0.5) is 9.59 Å². The summed E-state index contributed by atoms with van der Waals surface area (Å²) in [5, 5.41) is 30.6. The zero-order valence-corrected chi connectivity index (χ0v) is 8.27. The van der Waals surface area contributed by atoms with Crippen molar-refractivity contribution in [1.29, 1.82) is 0 Å². The van der Waals surface area contributed by atoms with Crippen molar-refractivity contribution in [2.24, 2.45) is 0 Å². The first-order valence-electron chi connectivity index (χ1n) is 1.26. The van der Waals surface area contributed by atoms with Gasteiger partial charge in [0.2, 0.25) is 0 Å². The van der Waals surface area contributed by atoms with Gasteiger partial charge in [0.1, 0.15) is 0 Å². The third-order valence-corrected chi connectivity index (χ3v) is 0. The number of hydrogen-bond acceptors (Lipinski definition) is 4. The Labute approximate surface area is 69.9 Å². The Morgan fingerprint density at radius 3 is 1.11 bits per heavy atom. The van der Waals surface area contributed by atoms with E-state index >= 15 is 0 Å². The number of hydrogen-bond donors (Lipinski definition) is 2. The van der Waals surface area contributed by atoms with E-state index in [0.717, 1.165) is 0 Å². The minimum absolute atomic E-state index is 0. The second-order valence-corrected chi connectivity index (χ2v) is 0.533. The summed E-state index contributed by atoms with van der Waals surface area (Å²) in [4.78, 5) is 16.9. The molecule has 0 rings (SSSR count). The van der Waals surface area contributed by atoms with E-state index in [0.29, 0.717) is 0 Å². The molecule has 0 atom stereocenters. The van der Waals surface area contributed by atoms with Gasteiger partial charge >= 0.3 is 33.5 Å². The molecule has 0 unspecified atom stereocenters. The van der Waals surface area contributed by atoms with Gasteiger partial charge in [-0.15, -0.1) is 0 Å². The smallest absolute Gasteiger partial charge is 0.652 e. The summed E-state index contributed by atoms with van der Waals surface area (Å²) in [6.45, 7) is 0. The van der Waals surface area contributed by atoms with Crippen molar-refractivity contribution < 1.29 is 57.3 Å². The third-order valence-electron chi connectivity index (χ3n) is 0. The van der Waals surface area contributed by atoms with Gasteiger partial charge in [0.15, 0.2) is 0 Å². The molecule has 0 radical (unpaired) electrons. The Balaban J connectivity index is -0.0000000720. The fourth-order valence-corrected chi connectivity index (χ4v) is 0. The van der Waals surface area contributed by atoms with Crippen LogP contribution in [0.2, 0.25) is 0 Å². The monoisotopic (exact) mass is 236 g/mol. The van der Waals surface area contributed by atoms with Gasteiger partial charge in [-0.2, -0.15) is 0 Å². The third kappa shape index (κ3) is 769. The standard InChI is InChI=1S/2CH2O3.Cd/c2*2-1(3)4;/h2*(H2,2,3,4);/q;;+2/p-2. The summed E-state index contributed by atoms with van der Waals surface area (Å²) < 4.78 is 0. The van der Waals surface area contributed by atoms with E-state index in [9.17, 15) is 0 Å². The number of carboxylic acid groups (broad SMARTS) is 4. The van der Waals surface area contributed by atoms with Crippen LogP contribution in [0.1, 0.15) is 0 Å². The minimum atomic E-state index is -2.33. The van der Waals surface area contributed by atoms with Crippen molar-refractivity contribution in [3.63, 3.8) is 0 Å². The molecule has 0 aromatic carbocycles. The Kier molecular flexibility index (Phi) is 18.3. The maximum atomic E-state index is 8.56. The summed E-state index contributed by atoms with van der Waals surface area (Å²) in [7, 11) is 0. The molecule has 0 heterocycles. The number of carbonyl (C=O) groups is 2. The minimum Gasteiger partial charge on any atom is -0.652 e. The molecule has 0 aliphatic rings. The zero-order valence-electron chi connectivity index (χ0n) is 4.23. The summed E-state index contributed by atoms with van der Waals surface area (Å²) in [5.74, 6) is 0. The molecule has 48 valence electrons. The topological polar surface area (TPSA) is 121 Å². The molecule has 9 heavy (non-hydrogen) atoms. The first-order chi connectivity index (χ1) is 3.46. The van der Waals surface area contributed by atoms with E-state index in [4.69, 9.17) is 30.0 Å². The van der Waals surface area contributed by atoms with Gasteiger partial charge in [-0.25, -0.2) is 4.79 Å². The van der Waals surface area contributed by atoms with Crippen LogP contribution in [0.3, 0.4) is 0 Å². The molecule has 0 saturated carbocycles. The molecule has 0 fully saturated rings. The van der Waals surface area contributed by atoms with E-state index in [1.165, 1.54) is 0 Å². The summed E-state index contributed by atoms with van der Waals surface area (Å²) in [5.41, 5.74) is 0. The Morgan fingerprint density at radius 1 is 1.11 bits per heavy atom. The molecule has 0 spiro atoms. The Hall–Kier alpha value is -0.538. The zero-order chi connectivity index (χ0) is 7.15. The Bertz CT molecular complexity index is 69.1. The maximum Gasteiger partial charge on any atom is 2.00 e. The first kappa shape index (κ1) is 15.8. The van der Waals surface area contributed by atoms with Crippen molar-refractivity contribution >= 4 is 12.3 Å². The number of rotatable bonds is 0. The average Bonchev–Trinajstić information content (AvgIpc) is 1.25. The van der Waals surface area contributed by atoms with E-state index in [1.54, 1.807) is 0 Å². The predicted molar refractivity (Wildman–Crippen MR) is 16.0 cm³/mol. The predicted octanol–water partition coefficient (Wildman–Crippen LogP) is -2.23. The van der Waals surface area contributed by atoms with Gasteiger partial charge < -0.3 is 25.2 Å². The van der Waals surface area contributed by atoms with Crippen molar-refractivity contribution in [1.82, 2.24) is 0 Å². The molecule has 0 aliphatic carbocycles. The fourth-order valence-electron chi connectivity index (χ4n) is 0. The largest absolute Gasteiger partial charge is 2.00 e. The van der Waals surface area contributed by atoms with Crippen LogP contribution in [0, 0.1) is 0 Å². The first-order valence-corrected chi connectivity index (χ1v) is 1.26. The van der Waals surface area contributed by atoms with Crippen LogP contribution in [-0.4, -0.2) is 22.5 Å². The SMILES string of the molecule is O=C(O)O.O=C([O-])[O-].[Cd+2]. The second kappa shape index (κ2) is 10.4. The molecule has 0 aromatic rings. The van der Waals surface area contributed by atoms with E-state index in [2.05, 4.69) is 0 Å². The molecule has 0 aromatic heterocycles.